The summed E-state index contributed by atoms with van der Waals surface area (Å²) in [6, 6.07) is 6.18. The van der Waals surface area contributed by atoms with Gasteiger partial charge in [-0.3, -0.25) is 4.79 Å². The molecular weight excluding hydrogens is 268 g/mol. The van der Waals surface area contributed by atoms with E-state index in [0.717, 1.165) is 0 Å². The van der Waals surface area contributed by atoms with Gasteiger partial charge in [-0.15, -0.1) is 0 Å². The molecule has 6 heteroatoms. The topological polar surface area (TPSA) is 73.6 Å². The molecule has 0 atom stereocenters. The van der Waals surface area contributed by atoms with E-state index in [1.165, 1.54) is 30.2 Å². The van der Waals surface area contributed by atoms with Crippen LogP contribution in [-0.2, 0) is 4.74 Å². The maximum atomic E-state index is 12.3. The molecule has 0 radical (unpaired) electrons. The number of nitriles is 1. The van der Waals surface area contributed by atoms with E-state index in [1.54, 1.807) is 0 Å². The number of phenols is 1. The Labute approximate surface area is 117 Å². The lowest BCUT2D eigenvalue weighted by Gasteiger charge is -2.21. The number of methoxy groups -OCH3 is 1. The minimum Gasteiger partial charge on any atom is -0.508 e. The summed E-state index contributed by atoms with van der Waals surface area (Å²) in [5.74, 6) is -0.354. The second kappa shape index (κ2) is 7.62. The van der Waals surface area contributed by atoms with Crippen LogP contribution < -0.4 is 0 Å². The Kier molecular flexibility index (Phi) is 6.13. The highest BCUT2D eigenvalue weighted by molar-refractivity contribution is 6.33. The zero-order chi connectivity index (χ0) is 14.3. The van der Waals surface area contributed by atoms with Gasteiger partial charge >= 0.3 is 0 Å². The molecule has 0 saturated carbocycles. The maximum absolute atomic E-state index is 12.3. The zero-order valence-electron chi connectivity index (χ0n) is 10.6. The Hall–Kier alpha value is -1.77. The van der Waals surface area contributed by atoms with Gasteiger partial charge in [-0.2, -0.15) is 5.26 Å². The number of carbonyl (C=O) groups is 1. The Morgan fingerprint density at radius 2 is 2.26 bits per heavy atom. The predicted molar refractivity (Wildman–Crippen MR) is 71.1 cm³/mol. The van der Waals surface area contributed by atoms with Crippen molar-refractivity contribution in [1.29, 1.82) is 5.26 Å². The molecule has 0 unspecified atom stereocenters. The molecule has 0 saturated heterocycles. The maximum Gasteiger partial charge on any atom is 0.255 e. The summed E-state index contributed by atoms with van der Waals surface area (Å²) < 4.78 is 4.93. The minimum atomic E-state index is -0.326. The molecule has 1 rings (SSSR count). The van der Waals surface area contributed by atoms with Crippen molar-refractivity contribution in [2.75, 3.05) is 26.8 Å². The summed E-state index contributed by atoms with van der Waals surface area (Å²) in [6.07, 6.45) is 0.228. The van der Waals surface area contributed by atoms with Crippen LogP contribution in [-0.4, -0.2) is 42.7 Å². The van der Waals surface area contributed by atoms with Gasteiger partial charge in [-0.25, -0.2) is 0 Å². The van der Waals surface area contributed by atoms with Gasteiger partial charge in [0.15, 0.2) is 0 Å². The molecule has 5 nitrogen and oxygen atoms in total. The Morgan fingerprint density at radius 3 is 2.89 bits per heavy atom. The summed E-state index contributed by atoms with van der Waals surface area (Å²) in [5, 5.41) is 18.3. The van der Waals surface area contributed by atoms with Gasteiger partial charge in [0, 0.05) is 20.2 Å². The van der Waals surface area contributed by atoms with Crippen LogP contribution in [0.5, 0.6) is 5.75 Å². The van der Waals surface area contributed by atoms with Gasteiger partial charge in [0.2, 0.25) is 0 Å². The summed E-state index contributed by atoms with van der Waals surface area (Å²) >= 11 is 5.95. The normalized spacial score (nSPS) is 9.95. The predicted octanol–water partition coefficient (Wildman–Crippen LogP) is 2.05. The van der Waals surface area contributed by atoms with Crippen LogP contribution in [0.2, 0.25) is 5.02 Å². The molecule has 0 fully saturated rings. The molecule has 0 spiro atoms. The monoisotopic (exact) mass is 282 g/mol. The van der Waals surface area contributed by atoms with Gasteiger partial charge in [-0.1, -0.05) is 11.6 Å². The van der Waals surface area contributed by atoms with Crippen molar-refractivity contribution in [3.63, 3.8) is 0 Å². The van der Waals surface area contributed by atoms with Crippen LogP contribution in [0.1, 0.15) is 16.8 Å². The molecule has 1 aromatic rings. The number of ether oxygens (including phenoxy) is 1. The largest absolute Gasteiger partial charge is 0.508 e. The first-order chi connectivity index (χ1) is 9.10. The van der Waals surface area contributed by atoms with E-state index < -0.39 is 0 Å². The van der Waals surface area contributed by atoms with Crippen molar-refractivity contribution in [2.45, 2.75) is 6.42 Å². The SMILES string of the molecule is COCCN(CCC#N)C(=O)c1cc(O)ccc1Cl. The number of benzene rings is 1. The second-order valence-corrected chi connectivity index (χ2v) is 4.26. The van der Waals surface area contributed by atoms with E-state index in [4.69, 9.17) is 21.6 Å². The molecule has 0 aliphatic carbocycles. The van der Waals surface area contributed by atoms with E-state index in [1.807, 2.05) is 6.07 Å². The Morgan fingerprint density at radius 1 is 1.53 bits per heavy atom. The van der Waals surface area contributed by atoms with Gasteiger partial charge in [0.25, 0.3) is 5.91 Å². The summed E-state index contributed by atoms with van der Waals surface area (Å²) in [6.45, 7) is 1.03. The van der Waals surface area contributed by atoms with Crippen molar-refractivity contribution < 1.29 is 14.6 Å². The number of rotatable bonds is 6. The van der Waals surface area contributed by atoms with Crippen LogP contribution in [0, 0.1) is 11.3 Å². The van der Waals surface area contributed by atoms with Crippen molar-refractivity contribution in [3.05, 3.63) is 28.8 Å². The van der Waals surface area contributed by atoms with Crippen molar-refractivity contribution in [1.82, 2.24) is 4.90 Å². The fraction of sp³-hybridized carbons (Fsp3) is 0.385. The van der Waals surface area contributed by atoms with E-state index in [0.29, 0.717) is 19.7 Å². The molecule has 102 valence electrons. The van der Waals surface area contributed by atoms with Crippen molar-refractivity contribution >= 4 is 17.5 Å². The van der Waals surface area contributed by atoms with Gasteiger partial charge in [0.05, 0.1) is 29.7 Å². The molecule has 0 heterocycles. The lowest BCUT2D eigenvalue weighted by molar-refractivity contribution is 0.0699. The third-order valence-corrected chi connectivity index (χ3v) is 2.86. The summed E-state index contributed by atoms with van der Waals surface area (Å²) in [7, 11) is 1.54. The van der Waals surface area contributed by atoms with E-state index in [2.05, 4.69) is 0 Å². The fourth-order valence-electron chi connectivity index (χ4n) is 1.55. The smallest absolute Gasteiger partial charge is 0.255 e. The lowest BCUT2D eigenvalue weighted by atomic mass is 10.1. The second-order valence-electron chi connectivity index (χ2n) is 3.86. The highest BCUT2D eigenvalue weighted by Gasteiger charge is 2.18. The third kappa shape index (κ3) is 4.43. The van der Waals surface area contributed by atoms with Crippen LogP contribution in [0.4, 0.5) is 0 Å². The number of phenolic OH excluding ortho intramolecular Hbond substituents is 1. The third-order valence-electron chi connectivity index (χ3n) is 2.53. The first-order valence-corrected chi connectivity index (χ1v) is 6.11. The number of nitrogens with zero attached hydrogens (tertiary/aromatic N) is 2. The van der Waals surface area contributed by atoms with E-state index in [-0.39, 0.29) is 28.7 Å². The average Bonchev–Trinajstić information content (AvgIpc) is 2.41. The fourth-order valence-corrected chi connectivity index (χ4v) is 1.75. The number of halogens is 1. The molecule has 1 aromatic carbocycles. The van der Waals surface area contributed by atoms with Crippen LogP contribution in [0.15, 0.2) is 18.2 Å². The van der Waals surface area contributed by atoms with E-state index in [9.17, 15) is 9.90 Å². The summed E-state index contributed by atoms with van der Waals surface area (Å²) in [4.78, 5) is 13.8. The molecule has 1 amide bonds. The quantitative estimate of drug-likeness (QED) is 0.866. The van der Waals surface area contributed by atoms with Crippen LogP contribution in [0.25, 0.3) is 0 Å². The van der Waals surface area contributed by atoms with E-state index >= 15 is 0 Å². The number of amides is 1. The average molecular weight is 283 g/mol. The van der Waals surface area contributed by atoms with Crippen molar-refractivity contribution in [2.24, 2.45) is 0 Å². The zero-order valence-corrected chi connectivity index (χ0v) is 11.4. The summed E-state index contributed by atoms with van der Waals surface area (Å²) in [5.41, 5.74) is 0.218. The molecule has 0 bridgehead atoms. The first-order valence-electron chi connectivity index (χ1n) is 5.73. The van der Waals surface area contributed by atoms with Crippen LogP contribution >= 0.6 is 11.6 Å². The molecule has 0 aliphatic heterocycles. The Bertz CT molecular complexity index is 485. The first kappa shape index (κ1) is 15.3. The molecule has 19 heavy (non-hydrogen) atoms. The molecule has 1 N–H and O–H groups in total. The van der Waals surface area contributed by atoms with Gasteiger partial charge in [0.1, 0.15) is 5.75 Å². The number of hydrogen-bond donors (Lipinski definition) is 1. The van der Waals surface area contributed by atoms with Gasteiger partial charge in [-0.05, 0) is 18.2 Å². The lowest BCUT2D eigenvalue weighted by Crippen LogP contribution is -2.34. The van der Waals surface area contributed by atoms with Crippen LogP contribution in [0.3, 0.4) is 0 Å². The molecular formula is C13H15ClN2O3. The Balaban J connectivity index is 2.91. The number of aromatic hydroxyl groups is 1. The van der Waals surface area contributed by atoms with Gasteiger partial charge < -0.3 is 14.7 Å². The molecule has 0 aromatic heterocycles. The molecule has 0 aliphatic rings. The number of carbonyl (C=O) groups excluding carboxylic acids is 1. The highest BCUT2D eigenvalue weighted by atomic mass is 35.5. The highest BCUT2D eigenvalue weighted by Crippen LogP contribution is 2.22. The van der Waals surface area contributed by atoms with Crippen molar-refractivity contribution in [3.8, 4) is 11.8 Å². The standard InChI is InChI=1S/C13H15ClN2O3/c1-19-8-7-16(6-2-5-15)13(18)11-9-10(17)3-4-12(11)14/h3-4,9,17H,2,6-8H2,1H3. The minimum absolute atomic E-state index is 0.0280. The number of hydrogen-bond acceptors (Lipinski definition) is 4.